The van der Waals surface area contributed by atoms with Crippen molar-refractivity contribution in [1.29, 1.82) is 0 Å². The Morgan fingerprint density at radius 2 is 2.06 bits per heavy atom. The Kier molecular flexibility index (Phi) is 7.05. The van der Waals surface area contributed by atoms with Crippen LogP contribution in [0.1, 0.15) is 27.2 Å². The second-order valence-corrected chi connectivity index (χ2v) is 6.10. The Balaban J connectivity index is 2.51. The van der Waals surface area contributed by atoms with Crippen LogP contribution in [0.5, 0.6) is 5.75 Å². The maximum Gasteiger partial charge on any atom is 0.138 e. The Morgan fingerprint density at radius 1 is 1.33 bits per heavy atom. The monoisotopic (exact) mass is 333 g/mol. The van der Waals surface area contributed by atoms with E-state index in [1.54, 1.807) is 0 Å². The molecule has 1 atom stereocenters. The lowest BCUT2D eigenvalue weighted by molar-refractivity contribution is 0.192. The quantitative estimate of drug-likeness (QED) is 0.792. The number of nitrogens with one attached hydrogen (secondary N) is 1. The van der Waals surface area contributed by atoms with Crippen LogP contribution in [0, 0.1) is 5.92 Å². The molecule has 0 saturated carbocycles. The molecule has 0 aliphatic carbocycles. The fraction of sp³-hybridized carbons (Fsp3) is 0.571. The molecule has 0 bridgehead atoms. The Morgan fingerprint density at radius 3 is 2.61 bits per heavy atom. The summed E-state index contributed by atoms with van der Waals surface area (Å²) in [5.74, 6) is 1.40. The molecule has 1 unspecified atom stereocenters. The summed E-state index contributed by atoms with van der Waals surface area (Å²) in [6.07, 6.45) is 1.11. The molecular formula is C14H21BrClNO. The SMILES string of the molecule is CCC(CNCC(C)C)Oc1ccc(Br)cc1Cl. The highest BCUT2D eigenvalue weighted by molar-refractivity contribution is 9.10. The van der Waals surface area contributed by atoms with Gasteiger partial charge in [-0.15, -0.1) is 0 Å². The molecule has 0 fully saturated rings. The molecule has 0 saturated heterocycles. The van der Waals surface area contributed by atoms with E-state index in [1.165, 1.54) is 0 Å². The van der Waals surface area contributed by atoms with Gasteiger partial charge in [0.1, 0.15) is 11.9 Å². The summed E-state index contributed by atoms with van der Waals surface area (Å²) in [5.41, 5.74) is 0. The predicted octanol–water partition coefficient (Wildman–Crippen LogP) is 4.51. The smallest absolute Gasteiger partial charge is 0.138 e. The summed E-state index contributed by atoms with van der Waals surface area (Å²) < 4.78 is 6.88. The minimum Gasteiger partial charge on any atom is -0.488 e. The lowest BCUT2D eigenvalue weighted by atomic mass is 10.2. The van der Waals surface area contributed by atoms with Crippen LogP contribution in [-0.4, -0.2) is 19.2 Å². The van der Waals surface area contributed by atoms with Crippen molar-refractivity contribution in [2.24, 2.45) is 5.92 Å². The van der Waals surface area contributed by atoms with E-state index >= 15 is 0 Å². The van der Waals surface area contributed by atoms with Gasteiger partial charge in [0.25, 0.3) is 0 Å². The normalized spacial score (nSPS) is 12.8. The first-order valence-corrected chi connectivity index (χ1v) is 7.52. The average Bonchev–Trinajstić information content (AvgIpc) is 2.30. The lowest BCUT2D eigenvalue weighted by Gasteiger charge is -2.19. The van der Waals surface area contributed by atoms with Crippen molar-refractivity contribution in [3.8, 4) is 5.75 Å². The Bertz CT molecular complexity index is 371. The van der Waals surface area contributed by atoms with Crippen LogP contribution < -0.4 is 10.1 Å². The van der Waals surface area contributed by atoms with Crippen molar-refractivity contribution in [2.75, 3.05) is 13.1 Å². The predicted molar refractivity (Wildman–Crippen MR) is 81.6 cm³/mol. The van der Waals surface area contributed by atoms with E-state index in [0.717, 1.165) is 29.7 Å². The Hall–Kier alpha value is -0.250. The molecule has 1 N–H and O–H groups in total. The molecule has 18 heavy (non-hydrogen) atoms. The average molecular weight is 335 g/mol. The summed E-state index contributed by atoms with van der Waals surface area (Å²) >= 11 is 9.52. The van der Waals surface area contributed by atoms with Crippen LogP contribution in [0.15, 0.2) is 22.7 Å². The van der Waals surface area contributed by atoms with Gasteiger partial charge in [-0.25, -0.2) is 0 Å². The van der Waals surface area contributed by atoms with Gasteiger partial charge >= 0.3 is 0 Å². The van der Waals surface area contributed by atoms with Crippen molar-refractivity contribution < 1.29 is 4.74 Å². The third-order valence-electron chi connectivity index (χ3n) is 2.57. The second kappa shape index (κ2) is 8.03. The van der Waals surface area contributed by atoms with Crippen molar-refractivity contribution >= 4 is 27.5 Å². The number of hydrogen-bond donors (Lipinski definition) is 1. The largest absolute Gasteiger partial charge is 0.488 e. The molecule has 1 aromatic rings. The van der Waals surface area contributed by atoms with Crippen LogP contribution in [0.25, 0.3) is 0 Å². The van der Waals surface area contributed by atoms with Gasteiger partial charge in [-0.1, -0.05) is 48.3 Å². The summed E-state index contributed by atoms with van der Waals surface area (Å²) in [4.78, 5) is 0. The third-order valence-corrected chi connectivity index (χ3v) is 3.36. The van der Waals surface area contributed by atoms with Crippen molar-refractivity contribution in [2.45, 2.75) is 33.3 Å². The van der Waals surface area contributed by atoms with Crippen LogP contribution in [0.2, 0.25) is 5.02 Å². The van der Waals surface area contributed by atoms with Crippen molar-refractivity contribution in [3.05, 3.63) is 27.7 Å². The summed E-state index contributed by atoms with van der Waals surface area (Å²) in [5, 5.41) is 4.05. The van der Waals surface area contributed by atoms with E-state index < -0.39 is 0 Å². The molecule has 102 valence electrons. The molecule has 0 amide bonds. The van der Waals surface area contributed by atoms with Crippen molar-refractivity contribution in [3.63, 3.8) is 0 Å². The van der Waals surface area contributed by atoms with Gasteiger partial charge < -0.3 is 10.1 Å². The number of benzene rings is 1. The number of ether oxygens (including phenoxy) is 1. The maximum absolute atomic E-state index is 6.14. The molecule has 2 nitrogen and oxygen atoms in total. The van der Waals surface area contributed by atoms with E-state index in [4.69, 9.17) is 16.3 Å². The van der Waals surface area contributed by atoms with Gasteiger partial charge in [0, 0.05) is 11.0 Å². The first-order chi connectivity index (χ1) is 8.52. The van der Waals surface area contributed by atoms with Crippen molar-refractivity contribution in [1.82, 2.24) is 5.32 Å². The van der Waals surface area contributed by atoms with Gasteiger partial charge in [-0.2, -0.15) is 0 Å². The molecule has 0 aliphatic heterocycles. The van der Waals surface area contributed by atoms with E-state index in [2.05, 4.69) is 42.0 Å². The first kappa shape index (κ1) is 15.8. The van der Waals surface area contributed by atoms with Gasteiger partial charge in [0.05, 0.1) is 5.02 Å². The molecule has 1 aromatic carbocycles. The molecule has 0 heterocycles. The standard InChI is InChI=1S/C14H21BrClNO/c1-4-12(9-17-8-10(2)3)18-14-6-5-11(15)7-13(14)16/h5-7,10,12,17H,4,8-9H2,1-3H3. The second-order valence-electron chi connectivity index (χ2n) is 4.77. The van der Waals surface area contributed by atoms with E-state index in [-0.39, 0.29) is 6.10 Å². The van der Waals surface area contributed by atoms with E-state index in [9.17, 15) is 0 Å². The highest BCUT2D eigenvalue weighted by Crippen LogP contribution is 2.28. The molecular weight excluding hydrogens is 314 g/mol. The lowest BCUT2D eigenvalue weighted by Crippen LogP contribution is -2.33. The Labute approximate surface area is 123 Å². The summed E-state index contributed by atoms with van der Waals surface area (Å²) in [7, 11) is 0. The molecule has 1 rings (SSSR count). The zero-order chi connectivity index (χ0) is 13.5. The van der Waals surface area contributed by atoms with Gasteiger partial charge in [0.2, 0.25) is 0 Å². The zero-order valence-electron chi connectivity index (χ0n) is 11.2. The molecule has 0 aliphatic rings. The third kappa shape index (κ3) is 5.59. The zero-order valence-corrected chi connectivity index (χ0v) is 13.5. The van der Waals surface area contributed by atoms with Crippen LogP contribution in [0.3, 0.4) is 0 Å². The molecule has 0 radical (unpaired) electrons. The molecule has 4 heteroatoms. The fourth-order valence-corrected chi connectivity index (χ4v) is 2.27. The summed E-state index contributed by atoms with van der Waals surface area (Å²) in [6.45, 7) is 8.37. The van der Waals surface area contributed by atoms with Crippen LogP contribution in [-0.2, 0) is 0 Å². The first-order valence-electron chi connectivity index (χ1n) is 6.35. The highest BCUT2D eigenvalue weighted by atomic mass is 79.9. The number of halogens is 2. The van der Waals surface area contributed by atoms with Gasteiger partial charge in [0.15, 0.2) is 0 Å². The van der Waals surface area contributed by atoms with Crippen LogP contribution in [0.4, 0.5) is 0 Å². The maximum atomic E-state index is 6.14. The van der Waals surface area contributed by atoms with E-state index in [0.29, 0.717) is 10.9 Å². The summed E-state index contributed by atoms with van der Waals surface area (Å²) in [6, 6.07) is 5.69. The molecule has 0 aromatic heterocycles. The highest BCUT2D eigenvalue weighted by Gasteiger charge is 2.10. The van der Waals surface area contributed by atoms with Gasteiger partial charge in [-0.3, -0.25) is 0 Å². The van der Waals surface area contributed by atoms with Crippen LogP contribution >= 0.6 is 27.5 Å². The number of hydrogen-bond acceptors (Lipinski definition) is 2. The minimum atomic E-state index is 0.155. The van der Waals surface area contributed by atoms with Gasteiger partial charge in [-0.05, 0) is 37.1 Å². The minimum absolute atomic E-state index is 0.155. The topological polar surface area (TPSA) is 21.3 Å². The van der Waals surface area contributed by atoms with E-state index in [1.807, 2.05) is 18.2 Å². The number of rotatable bonds is 7. The molecule has 0 spiro atoms. The fourth-order valence-electron chi connectivity index (χ4n) is 1.55.